The Hall–Kier alpha value is -1.51. The molecule has 0 spiro atoms. The third-order valence-electron chi connectivity index (χ3n) is 3.00. The molecule has 108 valence electrons. The molecule has 2 aromatic rings. The molecule has 2 rings (SSSR count). The molecule has 2 nitrogen and oxygen atoms in total. The van der Waals surface area contributed by atoms with Crippen molar-refractivity contribution in [3.05, 3.63) is 65.7 Å². The standard InChI is InChI=1S/C17H21NO.ClH/c1-2-19-17-10-8-16(9-11-17)14-18-13-12-15-6-4-3-5-7-15;/h3-11,18H,2,12-14H2,1H3;1H/p-1. The summed E-state index contributed by atoms with van der Waals surface area (Å²) in [5, 5.41) is 3.46. The summed E-state index contributed by atoms with van der Waals surface area (Å²) in [6.07, 6.45) is 1.07. The lowest BCUT2D eigenvalue weighted by atomic mass is 10.1. The van der Waals surface area contributed by atoms with E-state index in [4.69, 9.17) is 4.74 Å². The number of hydrogen-bond acceptors (Lipinski definition) is 2. The fourth-order valence-electron chi connectivity index (χ4n) is 1.98. The van der Waals surface area contributed by atoms with Gasteiger partial charge in [-0.2, -0.15) is 0 Å². The number of benzene rings is 2. The van der Waals surface area contributed by atoms with Crippen LogP contribution in [0.1, 0.15) is 18.1 Å². The lowest BCUT2D eigenvalue weighted by molar-refractivity contribution is -0.00000449. The van der Waals surface area contributed by atoms with Crippen molar-refractivity contribution in [3.63, 3.8) is 0 Å². The molecule has 0 unspecified atom stereocenters. The summed E-state index contributed by atoms with van der Waals surface area (Å²) < 4.78 is 5.42. The third-order valence-corrected chi connectivity index (χ3v) is 3.00. The average molecular weight is 291 g/mol. The molecule has 0 atom stereocenters. The van der Waals surface area contributed by atoms with Crippen LogP contribution in [0, 0.1) is 0 Å². The maximum Gasteiger partial charge on any atom is 0.119 e. The lowest BCUT2D eigenvalue weighted by Gasteiger charge is -2.07. The number of rotatable bonds is 7. The molecule has 0 aliphatic rings. The number of halogens is 1. The van der Waals surface area contributed by atoms with Gasteiger partial charge in [-0.05, 0) is 43.1 Å². The smallest absolute Gasteiger partial charge is 0.119 e. The van der Waals surface area contributed by atoms with E-state index in [0.717, 1.165) is 25.3 Å². The first kappa shape index (κ1) is 16.5. The molecule has 0 saturated carbocycles. The minimum atomic E-state index is 0. The van der Waals surface area contributed by atoms with Crippen molar-refractivity contribution in [1.29, 1.82) is 0 Å². The molecule has 0 aromatic heterocycles. The van der Waals surface area contributed by atoms with Gasteiger partial charge in [-0.1, -0.05) is 42.5 Å². The Balaban J connectivity index is 0.00000200. The van der Waals surface area contributed by atoms with Crippen LogP contribution >= 0.6 is 0 Å². The molecule has 0 fully saturated rings. The van der Waals surface area contributed by atoms with Gasteiger partial charge >= 0.3 is 0 Å². The monoisotopic (exact) mass is 290 g/mol. The molecule has 0 aliphatic carbocycles. The van der Waals surface area contributed by atoms with E-state index in [1.165, 1.54) is 11.1 Å². The third kappa shape index (κ3) is 5.64. The maximum atomic E-state index is 5.42. The topological polar surface area (TPSA) is 21.3 Å². The summed E-state index contributed by atoms with van der Waals surface area (Å²) in [4.78, 5) is 0. The van der Waals surface area contributed by atoms with Crippen molar-refractivity contribution in [1.82, 2.24) is 5.32 Å². The normalized spacial score (nSPS) is 9.85. The van der Waals surface area contributed by atoms with Crippen LogP contribution in [0.2, 0.25) is 0 Å². The van der Waals surface area contributed by atoms with Crippen LogP contribution in [0.5, 0.6) is 5.75 Å². The van der Waals surface area contributed by atoms with Crippen LogP contribution in [0.3, 0.4) is 0 Å². The highest BCUT2D eigenvalue weighted by Gasteiger charge is 1.95. The van der Waals surface area contributed by atoms with E-state index < -0.39 is 0 Å². The summed E-state index contributed by atoms with van der Waals surface area (Å²) in [6, 6.07) is 18.8. The van der Waals surface area contributed by atoms with Gasteiger partial charge in [0, 0.05) is 6.54 Å². The van der Waals surface area contributed by atoms with E-state index in [-0.39, 0.29) is 12.4 Å². The zero-order valence-corrected chi connectivity index (χ0v) is 12.6. The van der Waals surface area contributed by atoms with Crippen molar-refractivity contribution in [2.75, 3.05) is 13.2 Å². The van der Waals surface area contributed by atoms with Crippen molar-refractivity contribution in [3.8, 4) is 5.75 Å². The Bertz CT molecular complexity index is 470. The lowest BCUT2D eigenvalue weighted by Crippen LogP contribution is -3.00. The van der Waals surface area contributed by atoms with Gasteiger partial charge in [-0.3, -0.25) is 0 Å². The van der Waals surface area contributed by atoms with Gasteiger partial charge in [0.25, 0.3) is 0 Å². The maximum absolute atomic E-state index is 5.42. The molecule has 0 bridgehead atoms. The Labute approximate surface area is 127 Å². The molecule has 2 aromatic carbocycles. The highest BCUT2D eigenvalue weighted by atomic mass is 35.5. The van der Waals surface area contributed by atoms with E-state index in [2.05, 4.69) is 47.8 Å². The second-order valence-electron chi connectivity index (χ2n) is 4.49. The van der Waals surface area contributed by atoms with E-state index in [9.17, 15) is 0 Å². The molecule has 1 N–H and O–H groups in total. The fraction of sp³-hybridized carbons (Fsp3) is 0.294. The van der Waals surface area contributed by atoms with Crippen LogP contribution in [-0.2, 0) is 13.0 Å². The van der Waals surface area contributed by atoms with Gasteiger partial charge in [-0.15, -0.1) is 0 Å². The first-order chi connectivity index (χ1) is 9.38. The van der Waals surface area contributed by atoms with Gasteiger partial charge in [0.05, 0.1) is 6.61 Å². The minimum Gasteiger partial charge on any atom is -1.00 e. The Kier molecular flexibility index (Phi) is 7.78. The van der Waals surface area contributed by atoms with Crippen molar-refractivity contribution in [2.45, 2.75) is 19.9 Å². The fourth-order valence-corrected chi connectivity index (χ4v) is 1.98. The quantitative estimate of drug-likeness (QED) is 0.747. The summed E-state index contributed by atoms with van der Waals surface area (Å²) in [7, 11) is 0. The largest absolute Gasteiger partial charge is 1.00 e. The molecule has 3 heteroatoms. The summed E-state index contributed by atoms with van der Waals surface area (Å²) >= 11 is 0. The van der Waals surface area contributed by atoms with Crippen molar-refractivity contribution < 1.29 is 17.1 Å². The predicted octanol–water partition coefficient (Wildman–Crippen LogP) is 0.422. The first-order valence-corrected chi connectivity index (χ1v) is 6.85. The highest BCUT2D eigenvalue weighted by Crippen LogP contribution is 2.11. The predicted molar refractivity (Wildman–Crippen MR) is 79.5 cm³/mol. The minimum absolute atomic E-state index is 0. The Morgan fingerprint density at radius 2 is 1.60 bits per heavy atom. The van der Waals surface area contributed by atoms with Gasteiger partial charge < -0.3 is 22.5 Å². The molecule has 0 amide bonds. The zero-order valence-electron chi connectivity index (χ0n) is 11.8. The number of nitrogens with one attached hydrogen (secondary N) is 1. The van der Waals surface area contributed by atoms with Crippen LogP contribution in [0.4, 0.5) is 0 Å². The van der Waals surface area contributed by atoms with Crippen molar-refractivity contribution >= 4 is 0 Å². The van der Waals surface area contributed by atoms with Crippen molar-refractivity contribution in [2.24, 2.45) is 0 Å². The summed E-state index contributed by atoms with van der Waals surface area (Å²) in [5.74, 6) is 0.940. The first-order valence-electron chi connectivity index (χ1n) is 6.85. The van der Waals surface area contributed by atoms with E-state index in [1.54, 1.807) is 0 Å². The number of hydrogen-bond donors (Lipinski definition) is 1. The molecule has 0 aliphatic heterocycles. The van der Waals surface area contributed by atoms with Crippen LogP contribution < -0.4 is 22.5 Å². The van der Waals surface area contributed by atoms with Crippen LogP contribution in [-0.4, -0.2) is 13.2 Å². The van der Waals surface area contributed by atoms with Gasteiger partial charge in [0.1, 0.15) is 5.75 Å². The van der Waals surface area contributed by atoms with Crippen LogP contribution in [0.15, 0.2) is 54.6 Å². The SMILES string of the molecule is CCOc1ccc(CNCCc2ccccc2)cc1.[Cl-]. The highest BCUT2D eigenvalue weighted by molar-refractivity contribution is 5.27. The molecular formula is C17H21ClNO-. The van der Waals surface area contributed by atoms with Gasteiger partial charge in [-0.25, -0.2) is 0 Å². The number of ether oxygens (including phenoxy) is 1. The van der Waals surface area contributed by atoms with Gasteiger partial charge in [0.2, 0.25) is 0 Å². The Morgan fingerprint density at radius 1 is 0.900 bits per heavy atom. The van der Waals surface area contributed by atoms with Crippen LogP contribution in [0.25, 0.3) is 0 Å². The van der Waals surface area contributed by atoms with E-state index >= 15 is 0 Å². The molecule has 0 saturated heterocycles. The zero-order chi connectivity index (χ0) is 13.3. The second-order valence-corrected chi connectivity index (χ2v) is 4.49. The molecular weight excluding hydrogens is 270 g/mol. The molecule has 20 heavy (non-hydrogen) atoms. The van der Waals surface area contributed by atoms with E-state index in [1.807, 2.05) is 19.1 Å². The molecule has 0 radical (unpaired) electrons. The summed E-state index contributed by atoms with van der Waals surface area (Å²) in [6.45, 7) is 4.62. The second kappa shape index (κ2) is 9.40. The Morgan fingerprint density at radius 3 is 2.25 bits per heavy atom. The van der Waals surface area contributed by atoms with Gasteiger partial charge in [0.15, 0.2) is 0 Å². The molecule has 0 heterocycles. The summed E-state index contributed by atoms with van der Waals surface area (Å²) in [5.41, 5.74) is 2.67. The van der Waals surface area contributed by atoms with E-state index in [0.29, 0.717) is 6.61 Å². The average Bonchev–Trinajstić information content (AvgIpc) is 2.47.